The number of thiophene rings is 1. The zero-order chi connectivity index (χ0) is 15.3. The SMILES string of the molecule is Cc1ccc(C(Br)c2cc3c(cc2Br)n(C)c(=O)n3C)s1. The minimum Gasteiger partial charge on any atom is -0.295 e. The number of halogens is 2. The molecular formula is C15H14Br2N2OS. The fourth-order valence-electron chi connectivity index (χ4n) is 2.47. The van der Waals surface area contributed by atoms with E-state index in [1.165, 1.54) is 9.75 Å². The highest BCUT2D eigenvalue weighted by Gasteiger charge is 2.18. The lowest BCUT2D eigenvalue weighted by atomic mass is 10.1. The summed E-state index contributed by atoms with van der Waals surface area (Å²) >= 11 is 9.20. The van der Waals surface area contributed by atoms with E-state index in [0.29, 0.717) is 0 Å². The lowest BCUT2D eigenvalue weighted by molar-refractivity contribution is 0.795. The number of imidazole rings is 1. The zero-order valence-electron chi connectivity index (χ0n) is 11.9. The highest BCUT2D eigenvalue weighted by atomic mass is 79.9. The molecule has 2 heterocycles. The Morgan fingerprint density at radius 3 is 2.33 bits per heavy atom. The summed E-state index contributed by atoms with van der Waals surface area (Å²) in [6.45, 7) is 2.10. The molecule has 1 aromatic carbocycles. The van der Waals surface area contributed by atoms with Crippen molar-refractivity contribution in [3.05, 3.63) is 54.5 Å². The van der Waals surface area contributed by atoms with Crippen molar-refractivity contribution in [2.45, 2.75) is 11.8 Å². The van der Waals surface area contributed by atoms with E-state index >= 15 is 0 Å². The van der Waals surface area contributed by atoms with Crippen LogP contribution in [0.15, 0.2) is 33.5 Å². The number of aromatic nitrogens is 2. The maximum absolute atomic E-state index is 12.1. The monoisotopic (exact) mass is 428 g/mol. The van der Waals surface area contributed by atoms with E-state index in [4.69, 9.17) is 0 Å². The van der Waals surface area contributed by atoms with Crippen LogP contribution in [0.4, 0.5) is 0 Å². The molecule has 0 radical (unpaired) electrons. The lowest BCUT2D eigenvalue weighted by Gasteiger charge is -2.11. The molecule has 0 aliphatic heterocycles. The zero-order valence-corrected chi connectivity index (χ0v) is 15.8. The molecule has 1 atom stereocenters. The summed E-state index contributed by atoms with van der Waals surface area (Å²) in [7, 11) is 3.60. The number of fused-ring (bicyclic) bond motifs is 1. The second kappa shape index (κ2) is 5.41. The Morgan fingerprint density at radius 1 is 1.14 bits per heavy atom. The van der Waals surface area contributed by atoms with Gasteiger partial charge in [-0.25, -0.2) is 4.79 Å². The minimum absolute atomic E-state index is 0.00728. The molecule has 2 aromatic heterocycles. The number of hydrogen-bond donors (Lipinski definition) is 0. The third kappa shape index (κ3) is 2.43. The van der Waals surface area contributed by atoms with Crippen LogP contribution in [0.1, 0.15) is 20.1 Å². The van der Waals surface area contributed by atoms with Crippen LogP contribution in [0.2, 0.25) is 0 Å². The molecule has 0 saturated carbocycles. The number of hydrogen-bond acceptors (Lipinski definition) is 2. The predicted molar refractivity (Wildman–Crippen MR) is 95.7 cm³/mol. The molecule has 21 heavy (non-hydrogen) atoms. The molecule has 3 nitrogen and oxygen atoms in total. The third-order valence-electron chi connectivity index (χ3n) is 3.67. The Labute approximate surface area is 143 Å². The maximum Gasteiger partial charge on any atom is 0.328 e. The highest BCUT2D eigenvalue weighted by Crippen LogP contribution is 2.39. The fraction of sp³-hybridized carbons (Fsp3) is 0.267. The van der Waals surface area contributed by atoms with Gasteiger partial charge in [-0.05, 0) is 36.8 Å². The number of nitrogens with zero attached hydrogens (tertiary/aromatic N) is 2. The van der Waals surface area contributed by atoms with Crippen molar-refractivity contribution in [3.63, 3.8) is 0 Å². The molecule has 1 unspecified atom stereocenters. The lowest BCUT2D eigenvalue weighted by Crippen LogP contribution is -2.19. The van der Waals surface area contributed by atoms with Crippen LogP contribution in [0.25, 0.3) is 11.0 Å². The number of alkyl halides is 1. The molecule has 0 saturated heterocycles. The summed E-state index contributed by atoms with van der Waals surface area (Å²) in [4.78, 5) is 14.7. The summed E-state index contributed by atoms with van der Waals surface area (Å²) < 4.78 is 4.36. The first-order chi connectivity index (χ1) is 9.90. The van der Waals surface area contributed by atoms with Gasteiger partial charge < -0.3 is 0 Å². The van der Waals surface area contributed by atoms with Crippen molar-refractivity contribution in [1.29, 1.82) is 0 Å². The summed E-state index contributed by atoms with van der Waals surface area (Å²) in [6.07, 6.45) is 0. The van der Waals surface area contributed by atoms with E-state index in [-0.39, 0.29) is 10.5 Å². The second-order valence-electron chi connectivity index (χ2n) is 5.07. The van der Waals surface area contributed by atoms with Gasteiger partial charge in [-0.2, -0.15) is 0 Å². The van der Waals surface area contributed by atoms with E-state index in [2.05, 4.69) is 57.0 Å². The minimum atomic E-state index is -0.00728. The van der Waals surface area contributed by atoms with Crippen LogP contribution in [0.5, 0.6) is 0 Å². The molecule has 0 fully saturated rings. The molecule has 0 aliphatic rings. The van der Waals surface area contributed by atoms with Crippen LogP contribution < -0.4 is 5.69 Å². The van der Waals surface area contributed by atoms with E-state index in [1.54, 1.807) is 34.6 Å². The molecule has 0 aliphatic carbocycles. The van der Waals surface area contributed by atoms with Gasteiger partial charge in [0.1, 0.15) is 0 Å². The molecule has 0 bridgehead atoms. The van der Waals surface area contributed by atoms with Gasteiger partial charge in [-0.15, -0.1) is 11.3 Å². The van der Waals surface area contributed by atoms with Gasteiger partial charge in [0.25, 0.3) is 0 Å². The largest absolute Gasteiger partial charge is 0.328 e. The molecule has 0 spiro atoms. The summed E-state index contributed by atoms with van der Waals surface area (Å²) in [5.41, 5.74) is 3.00. The molecule has 3 rings (SSSR count). The molecular weight excluding hydrogens is 416 g/mol. The third-order valence-corrected chi connectivity index (χ3v) is 6.72. The Hall–Kier alpha value is -0.850. The van der Waals surface area contributed by atoms with Crippen molar-refractivity contribution >= 4 is 54.2 Å². The van der Waals surface area contributed by atoms with Gasteiger partial charge in [-0.3, -0.25) is 9.13 Å². The maximum atomic E-state index is 12.1. The van der Waals surface area contributed by atoms with Crippen LogP contribution in [0.3, 0.4) is 0 Å². The van der Waals surface area contributed by atoms with Crippen molar-refractivity contribution in [1.82, 2.24) is 9.13 Å². The van der Waals surface area contributed by atoms with Gasteiger partial charge in [-0.1, -0.05) is 31.9 Å². The predicted octanol–water partition coefficient (Wildman–Crippen LogP) is 4.49. The Balaban J connectivity index is 2.21. The Kier molecular flexibility index (Phi) is 3.88. The van der Waals surface area contributed by atoms with Crippen molar-refractivity contribution < 1.29 is 0 Å². The van der Waals surface area contributed by atoms with E-state index in [0.717, 1.165) is 21.1 Å². The van der Waals surface area contributed by atoms with E-state index in [1.807, 2.05) is 6.07 Å². The van der Waals surface area contributed by atoms with Crippen LogP contribution in [-0.2, 0) is 14.1 Å². The van der Waals surface area contributed by atoms with Gasteiger partial charge in [0.2, 0.25) is 0 Å². The Bertz CT molecular complexity index is 891. The first kappa shape index (κ1) is 15.1. The van der Waals surface area contributed by atoms with Gasteiger partial charge in [0.15, 0.2) is 0 Å². The van der Waals surface area contributed by atoms with E-state index in [9.17, 15) is 4.79 Å². The van der Waals surface area contributed by atoms with Gasteiger partial charge in [0.05, 0.1) is 15.9 Å². The van der Waals surface area contributed by atoms with Gasteiger partial charge in [0, 0.05) is 28.3 Å². The average Bonchev–Trinajstić information content (AvgIpc) is 2.97. The number of rotatable bonds is 2. The number of benzene rings is 1. The fourth-order valence-corrected chi connectivity index (χ4v) is 5.03. The topological polar surface area (TPSA) is 26.9 Å². The van der Waals surface area contributed by atoms with Crippen LogP contribution in [0, 0.1) is 6.92 Å². The normalized spacial score (nSPS) is 13.0. The van der Waals surface area contributed by atoms with Crippen molar-refractivity contribution in [3.8, 4) is 0 Å². The van der Waals surface area contributed by atoms with Crippen LogP contribution in [-0.4, -0.2) is 9.13 Å². The molecule has 3 aromatic rings. The summed E-state index contributed by atoms with van der Waals surface area (Å²) in [6, 6.07) is 8.36. The molecule has 110 valence electrons. The number of aryl methyl sites for hydroxylation is 3. The van der Waals surface area contributed by atoms with Gasteiger partial charge >= 0.3 is 5.69 Å². The first-order valence-electron chi connectivity index (χ1n) is 6.45. The molecule has 6 heteroatoms. The average molecular weight is 430 g/mol. The Morgan fingerprint density at radius 2 is 1.76 bits per heavy atom. The van der Waals surface area contributed by atoms with Crippen molar-refractivity contribution in [2.24, 2.45) is 14.1 Å². The smallest absolute Gasteiger partial charge is 0.295 e. The molecule has 0 amide bonds. The summed E-state index contributed by atoms with van der Waals surface area (Å²) in [5.74, 6) is 0. The molecule has 0 N–H and O–H groups in total. The van der Waals surface area contributed by atoms with E-state index < -0.39 is 0 Å². The standard InChI is InChI=1S/C15H14Br2N2OS/c1-8-4-5-13(21-8)14(17)9-6-11-12(7-10(9)16)19(3)15(20)18(11)2/h4-7,14H,1-3H3. The summed E-state index contributed by atoms with van der Waals surface area (Å²) in [5, 5.41) is 0. The second-order valence-corrected chi connectivity index (χ2v) is 8.16. The quantitative estimate of drug-likeness (QED) is 0.551. The highest BCUT2D eigenvalue weighted by molar-refractivity contribution is 9.11. The van der Waals surface area contributed by atoms with Crippen molar-refractivity contribution in [2.75, 3.05) is 0 Å². The first-order valence-corrected chi connectivity index (χ1v) is 8.98. The van der Waals surface area contributed by atoms with Crippen LogP contribution >= 0.6 is 43.2 Å².